The normalized spacial score (nSPS) is 10.5. The van der Waals surface area contributed by atoms with Gasteiger partial charge in [0, 0.05) is 23.3 Å². The molecule has 94 valence electrons. The Labute approximate surface area is 108 Å². The van der Waals surface area contributed by atoms with Gasteiger partial charge < -0.3 is 15.4 Å². The van der Waals surface area contributed by atoms with Gasteiger partial charge in [-0.1, -0.05) is 18.2 Å². The summed E-state index contributed by atoms with van der Waals surface area (Å²) in [6.45, 7) is 0. The Morgan fingerprint density at radius 1 is 1.16 bits per heavy atom. The van der Waals surface area contributed by atoms with E-state index in [0.717, 1.165) is 10.9 Å². The quantitative estimate of drug-likeness (QED) is 0.667. The number of aromatic amines is 1. The molecule has 0 aliphatic rings. The van der Waals surface area contributed by atoms with Crippen LogP contribution in [0.3, 0.4) is 0 Å². The first-order valence-corrected chi connectivity index (χ1v) is 5.64. The van der Waals surface area contributed by atoms with Crippen LogP contribution in [0.5, 0.6) is 0 Å². The van der Waals surface area contributed by atoms with E-state index in [0.29, 0.717) is 11.6 Å². The number of carbonyl (C=O) groups is 1. The number of hydrogen-bond acceptors (Lipinski definition) is 4. The SMILES string of the molecule is O=C(O)c1[nH]c2ccccc2c1Nc1ncccn1. The Morgan fingerprint density at radius 3 is 2.63 bits per heavy atom. The van der Waals surface area contributed by atoms with Gasteiger partial charge in [0.15, 0.2) is 0 Å². The van der Waals surface area contributed by atoms with Gasteiger partial charge in [-0.05, 0) is 12.1 Å². The minimum Gasteiger partial charge on any atom is -0.477 e. The Morgan fingerprint density at radius 2 is 1.89 bits per heavy atom. The van der Waals surface area contributed by atoms with Gasteiger partial charge in [-0.25, -0.2) is 14.8 Å². The van der Waals surface area contributed by atoms with E-state index in [9.17, 15) is 9.90 Å². The molecule has 6 nitrogen and oxygen atoms in total. The van der Waals surface area contributed by atoms with Crippen LogP contribution in [0.1, 0.15) is 10.5 Å². The monoisotopic (exact) mass is 254 g/mol. The fourth-order valence-electron chi connectivity index (χ4n) is 1.91. The molecule has 0 aliphatic heterocycles. The highest BCUT2D eigenvalue weighted by atomic mass is 16.4. The summed E-state index contributed by atoms with van der Waals surface area (Å²) >= 11 is 0. The van der Waals surface area contributed by atoms with E-state index in [1.807, 2.05) is 24.3 Å². The van der Waals surface area contributed by atoms with Crippen molar-refractivity contribution < 1.29 is 9.90 Å². The van der Waals surface area contributed by atoms with Crippen molar-refractivity contribution in [1.82, 2.24) is 15.0 Å². The zero-order valence-corrected chi connectivity index (χ0v) is 9.79. The first kappa shape index (κ1) is 11.2. The zero-order valence-electron chi connectivity index (χ0n) is 9.79. The Hall–Kier alpha value is -2.89. The highest BCUT2D eigenvalue weighted by Crippen LogP contribution is 2.29. The number of carboxylic acid groups (broad SMARTS) is 1. The standard InChI is InChI=1S/C13H10N4O2/c18-12(19)11-10(17-13-14-6-3-7-15-13)8-4-1-2-5-9(8)16-11/h1-7,16H,(H,18,19)(H,14,15,17). The number of nitrogens with zero attached hydrogens (tertiary/aromatic N) is 2. The largest absolute Gasteiger partial charge is 0.477 e. The third-order valence-electron chi connectivity index (χ3n) is 2.72. The van der Waals surface area contributed by atoms with Gasteiger partial charge in [0.25, 0.3) is 0 Å². The molecule has 1 aromatic carbocycles. The van der Waals surface area contributed by atoms with E-state index in [2.05, 4.69) is 20.3 Å². The van der Waals surface area contributed by atoms with Crippen molar-refractivity contribution in [3.63, 3.8) is 0 Å². The summed E-state index contributed by atoms with van der Waals surface area (Å²) in [7, 11) is 0. The Balaban J connectivity index is 2.15. The summed E-state index contributed by atoms with van der Waals surface area (Å²) in [6, 6.07) is 9.03. The van der Waals surface area contributed by atoms with Crippen LogP contribution >= 0.6 is 0 Å². The fourth-order valence-corrected chi connectivity index (χ4v) is 1.91. The van der Waals surface area contributed by atoms with Crippen molar-refractivity contribution in [2.45, 2.75) is 0 Å². The second-order valence-corrected chi connectivity index (χ2v) is 3.92. The number of carboxylic acids is 1. The first-order valence-electron chi connectivity index (χ1n) is 5.64. The molecule has 3 aromatic rings. The molecule has 0 saturated carbocycles. The number of nitrogens with one attached hydrogen (secondary N) is 2. The number of aromatic nitrogens is 3. The van der Waals surface area contributed by atoms with Crippen molar-refractivity contribution in [2.24, 2.45) is 0 Å². The lowest BCUT2D eigenvalue weighted by molar-refractivity contribution is 0.0692. The number of rotatable bonds is 3. The molecule has 0 atom stereocenters. The smallest absolute Gasteiger partial charge is 0.354 e. The number of benzene rings is 1. The van der Waals surface area contributed by atoms with Crippen LogP contribution in [0.4, 0.5) is 11.6 Å². The highest BCUT2D eigenvalue weighted by molar-refractivity contribution is 6.06. The predicted molar refractivity (Wildman–Crippen MR) is 70.6 cm³/mol. The summed E-state index contributed by atoms with van der Waals surface area (Å²) in [5, 5.41) is 13.0. The maximum Gasteiger partial charge on any atom is 0.354 e. The van der Waals surface area contributed by atoms with Crippen LogP contribution in [0, 0.1) is 0 Å². The number of para-hydroxylation sites is 1. The maximum atomic E-state index is 11.3. The molecule has 0 radical (unpaired) electrons. The molecule has 19 heavy (non-hydrogen) atoms. The van der Waals surface area contributed by atoms with Crippen LogP contribution in [-0.4, -0.2) is 26.0 Å². The van der Waals surface area contributed by atoms with E-state index in [1.54, 1.807) is 18.5 Å². The van der Waals surface area contributed by atoms with E-state index < -0.39 is 5.97 Å². The third-order valence-corrected chi connectivity index (χ3v) is 2.72. The van der Waals surface area contributed by atoms with Crippen LogP contribution < -0.4 is 5.32 Å². The number of H-pyrrole nitrogens is 1. The summed E-state index contributed by atoms with van der Waals surface area (Å²) in [5.74, 6) is -0.676. The molecule has 0 spiro atoms. The van der Waals surface area contributed by atoms with E-state index >= 15 is 0 Å². The first-order chi connectivity index (χ1) is 9.25. The predicted octanol–water partition coefficient (Wildman–Crippen LogP) is 2.40. The highest BCUT2D eigenvalue weighted by Gasteiger charge is 2.17. The molecule has 0 unspecified atom stereocenters. The van der Waals surface area contributed by atoms with Crippen molar-refractivity contribution in [3.8, 4) is 0 Å². The van der Waals surface area contributed by atoms with E-state index in [1.165, 1.54) is 0 Å². The molecule has 2 aromatic heterocycles. The minimum absolute atomic E-state index is 0.0913. The van der Waals surface area contributed by atoms with Crippen LogP contribution in [0.15, 0.2) is 42.7 Å². The molecule has 2 heterocycles. The molecule has 0 amide bonds. The summed E-state index contributed by atoms with van der Waals surface area (Å²) < 4.78 is 0. The summed E-state index contributed by atoms with van der Waals surface area (Å²) in [6.07, 6.45) is 3.18. The molecule has 3 N–H and O–H groups in total. The van der Waals surface area contributed by atoms with Gasteiger partial charge in [-0.3, -0.25) is 0 Å². The number of fused-ring (bicyclic) bond motifs is 1. The fraction of sp³-hybridized carbons (Fsp3) is 0. The molecule has 6 heteroatoms. The minimum atomic E-state index is -1.03. The van der Waals surface area contributed by atoms with Crippen molar-refractivity contribution in [2.75, 3.05) is 5.32 Å². The topological polar surface area (TPSA) is 90.9 Å². The van der Waals surface area contributed by atoms with E-state index in [4.69, 9.17) is 0 Å². The van der Waals surface area contributed by atoms with Crippen molar-refractivity contribution in [1.29, 1.82) is 0 Å². The second-order valence-electron chi connectivity index (χ2n) is 3.92. The number of hydrogen-bond donors (Lipinski definition) is 3. The zero-order chi connectivity index (χ0) is 13.2. The van der Waals surface area contributed by atoms with Gasteiger partial charge in [-0.15, -0.1) is 0 Å². The van der Waals surface area contributed by atoms with Gasteiger partial charge >= 0.3 is 5.97 Å². The van der Waals surface area contributed by atoms with Gasteiger partial charge in [0.05, 0.1) is 5.69 Å². The van der Waals surface area contributed by atoms with E-state index in [-0.39, 0.29) is 5.69 Å². The Bertz CT molecular complexity index is 737. The second kappa shape index (κ2) is 4.41. The lowest BCUT2D eigenvalue weighted by Crippen LogP contribution is -2.03. The lowest BCUT2D eigenvalue weighted by atomic mass is 10.2. The molecular weight excluding hydrogens is 244 g/mol. The molecule has 0 fully saturated rings. The molecule has 0 bridgehead atoms. The van der Waals surface area contributed by atoms with Crippen LogP contribution in [0.2, 0.25) is 0 Å². The van der Waals surface area contributed by atoms with Gasteiger partial charge in [-0.2, -0.15) is 0 Å². The number of aromatic carboxylic acids is 1. The average Bonchev–Trinajstić information content (AvgIpc) is 2.79. The Kier molecular flexibility index (Phi) is 2.60. The van der Waals surface area contributed by atoms with Gasteiger partial charge in [0.1, 0.15) is 5.69 Å². The molecule has 3 rings (SSSR count). The summed E-state index contributed by atoms with van der Waals surface area (Å²) in [5.41, 5.74) is 1.31. The summed E-state index contributed by atoms with van der Waals surface area (Å²) in [4.78, 5) is 22.2. The van der Waals surface area contributed by atoms with Gasteiger partial charge in [0.2, 0.25) is 5.95 Å². The molecule has 0 aliphatic carbocycles. The maximum absolute atomic E-state index is 11.3. The lowest BCUT2D eigenvalue weighted by Gasteiger charge is -2.03. The average molecular weight is 254 g/mol. The third kappa shape index (κ3) is 1.99. The molecular formula is C13H10N4O2. The van der Waals surface area contributed by atoms with Crippen molar-refractivity contribution >= 4 is 28.5 Å². The van der Waals surface area contributed by atoms with Crippen LogP contribution in [-0.2, 0) is 0 Å². The molecule has 0 saturated heterocycles. The van der Waals surface area contributed by atoms with Crippen LogP contribution in [0.25, 0.3) is 10.9 Å². The van der Waals surface area contributed by atoms with Crippen molar-refractivity contribution in [3.05, 3.63) is 48.4 Å². The number of anilines is 2.